The fraction of sp³-hybridized carbons (Fsp3) is 0.105. The number of nitrogens with one attached hydrogen (secondary N) is 2. The third kappa shape index (κ3) is 4.38. The highest BCUT2D eigenvalue weighted by Crippen LogP contribution is 2.10. The number of nitrogens with zero attached hydrogens (tertiary/aromatic N) is 2. The quantitative estimate of drug-likeness (QED) is 0.713. The maximum absolute atomic E-state index is 13.6. The summed E-state index contributed by atoms with van der Waals surface area (Å²) in [6, 6.07) is 12.6. The van der Waals surface area contributed by atoms with E-state index in [1.54, 1.807) is 36.4 Å². The lowest BCUT2D eigenvalue weighted by Gasteiger charge is -2.08. The highest BCUT2D eigenvalue weighted by molar-refractivity contribution is 5.91. The van der Waals surface area contributed by atoms with Crippen LogP contribution < -0.4 is 10.6 Å². The van der Waals surface area contributed by atoms with Gasteiger partial charge in [0.15, 0.2) is 0 Å². The van der Waals surface area contributed by atoms with Crippen molar-refractivity contribution in [1.82, 2.24) is 15.3 Å². The van der Waals surface area contributed by atoms with Crippen LogP contribution in [-0.4, -0.2) is 15.9 Å². The molecule has 1 amide bonds. The van der Waals surface area contributed by atoms with E-state index in [2.05, 4.69) is 20.6 Å². The summed E-state index contributed by atoms with van der Waals surface area (Å²) in [5.74, 6) is -0.732. The normalized spacial score (nSPS) is 10.4. The predicted octanol–water partition coefficient (Wildman–Crippen LogP) is 3.30. The maximum Gasteiger partial charge on any atom is 0.271 e. The van der Waals surface area contributed by atoms with Gasteiger partial charge in [-0.15, -0.1) is 0 Å². The summed E-state index contributed by atoms with van der Waals surface area (Å²) >= 11 is 0. The first-order valence-corrected chi connectivity index (χ1v) is 7.94. The van der Waals surface area contributed by atoms with Crippen molar-refractivity contribution in [3.63, 3.8) is 0 Å². The van der Waals surface area contributed by atoms with Crippen LogP contribution in [0.5, 0.6) is 0 Å². The average Bonchev–Trinajstić information content (AvgIpc) is 2.67. The number of amides is 1. The van der Waals surface area contributed by atoms with E-state index in [1.807, 2.05) is 0 Å². The van der Waals surface area contributed by atoms with Gasteiger partial charge < -0.3 is 10.6 Å². The van der Waals surface area contributed by atoms with E-state index < -0.39 is 5.91 Å². The first kappa shape index (κ1) is 17.5. The largest absolute Gasteiger partial charge is 0.365 e. The van der Waals surface area contributed by atoms with Gasteiger partial charge in [-0.25, -0.2) is 18.7 Å². The molecule has 0 saturated carbocycles. The molecule has 0 spiro atoms. The summed E-state index contributed by atoms with van der Waals surface area (Å²) in [5.41, 5.74) is 0.996. The zero-order chi connectivity index (χ0) is 18.4. The maximum atomic E-state index is 13.6. The van der Waals surface area contributed by atoms with Gasteiger partial charge in [-0.3, -0.25) is 4.79 Å². The molecule has 0 atom stereocenters. The Labute approximate surface area is 149 Å². The highest BCUT2D eigenvalue weighted by Gasteiger charge is 2.09. The van der Waals surface area contributed by atoms with Crippen LogP contribution in [0.25, 0.3) is 0 Å². The monoisotopic (exact) mass is 354 g/mol. The molecule has 1 heterocycles. The molecule has 0 aliphatic carbocycles. The fourth-order valence-electron chi connectivity index (χ4n) is 2.27. The van der Waals surface area contributed by atoms with E-state index in [0.29, 0.717) is 16.9 Å². The van der Waals surface area contributed by atoms with Crippen LogP contribution in [0.2, 0.25) is 0 Å². The van der Waals surface area contributed by atoms with Crippen LogP contribution in [0.4, 0.5) is 14.6 Å². The molecule has 3 rings (SSSR count). The third-order valence-corrected chi connectivity index (χ3v) is 3.70. The van der Waals surface area contributed by atoms with Crippen LogP contribution in [0.3, 0.4) is 0 Å². The van der Waals surface area contributed by atoms with Crippen LogP contribution in [0, 0.1) is 11.6 Å². The summed E-state index contributed by atoms with van der Waals surface area (Å²) in [4.78, 5) is 20.2. The molecule has 0 radical (unpaired) electrons. The van der Waals surface area contributed by atoms with E-state index in [-0.39, 0.29) is 30.4 Å². The molecule has 7 heteroatoms. The van der Waals surface area contributed by atoms with Crippen molar-refractivity contribution < 1.29 is 13.6 Å². The Hall–Kier alpha value is -3.35. The summed E-state index contributed by atoms with van der Waals surface area (Å²) < 4.78 is 27.1. The lowest BCUT2D eigenvalue weighted by atomic mass is 10.2. The van der Waals surface area contributed by atoms with Crippen molar-refractivity contribution in [3.05, 3.63) is 89.4 Å². The number of halogens is 2. The van der Waals surface area contributed by atoms with Crippen molar-refractivity contribution in [1.29, 1.82) is 0 Å². The fourth-order valence-corrected chi connectivity index (χ4v) is 2.27. The molecule has 0 fully saturated rings. The van der Waals surface area contributed by atoms with E-state index in [9.17, 15) is 13.6 Å². The number of benzene rings is 2. The van der Waals surface area contributed by atoms with E-state index in [4.69, 9.17) is 0 Å². The summed E-state index contributed by atoms with van der Waals surface area (Å²) in [5, 5.41) is 5.53. The van der Waals surface area contributed by atoms with Crippen LogP contribution in [0.1, 0.15) is 21.6 Å². The van der Waals surface area contributed by atoms with E-state index in [0.717, 1.165) is 0 Å². The minimum absolute atomic E-state index is 0.0560. The molecule has 0 aliphatic heterocycles. The second kappa shape index (κ2) is 8.15. The Kier molecular flexibility index (Phi) is 5.48. The van der Waals surface area contributed by atoms with Gasteiger partial charge in [0.25, 0.3) is 5.91 Å². The van der Waals surface area contributed by atoms with Crippen molar-refractivity contribution in [3.8, 4) is 0 Å². The number of hydrogen-bond acceptors (Lipinski definition) is 4. The molecule has 2 N–H and O–H groups in total. The molecule has 0 aliphatic rings. The van der Waals surface area contributed by atoms with Gasteiger partial charge in [0.2, 0.25) is 0 Å². The highest BCUT2D eigenvalue weighted by atomic mass is 19.1. The van der Waals surface area contributed by atoms with Gasteiger partial charge in [-0.05, 0) is 12.1 Å². The topological polar surface area (TPSA) is 66.9 Å². The first-order chi connectivity index (χ1) is 12.6. The van der Waals surface area contributed by atoms with Crippen molar-refractivity contribution >= 4 is 11.7 Å². The number of rotatable bonds is 6. The molecular formula is C19H16F2N4O. The smallest absolute Gasteiger partial charge is 0.271 e. The van der Waals surface area contributed by atoms with Gasteiger partial charge in [-0.1, -0.05) is 36.4 Å². The van der Waals surface area contributed by atoms with Crippen LogP contribution in [0.15, 0.2) is 60.9 Å². The number of carbonyl (C=O) groups excluding carboxylic acids is 1. The predicted molar refractivity (Wildman–Crippen MR) is 93.3 cm³/mol. The molecule has 2 aromatic carbocycles. The van der Waals surface area contributed by atoms with Crippen molar-refractivity contribution in [2.75, 3.05) is 5.32 Å². The molecule has 26 heavy (non-hydrogen) atoms. The Morgan fingerprint density at radius 1 is 0.846 bits per heavy atom. The van der Waals surface area contributed by atoms with E-state index in [1.165, 1.54) is 24.5 Å². The Balaban J connectivity index is 1.56. The Bertz CT molecular complexity index is 900. The average molecular weight is 354 g/mol. The molecule has 132 valence electrons. The van der Waals surface area contributed by atoms with Crippen LogP contribution >= 0.6 is 0 Å². The standard InChI is InChI=1S/C19H16F2N4O/c20-15-7-3-1-5-13(15)9-23-18-12-22-17(11-24-18)19(26)25-10-14-6-2-4-8-16(14)21/h1-8,11-12H,9-10H2,(H,23,24)(H,25,26). The number of aromatic nitrogens is 2. The lowest BCUT2D eigenvalue weighted by molar-refractivity contribution is 0.0945. The molecular weight excluding hydrogens is 338 g/mol. The number of anilines is 1. The zero-order valence-corrected chi connectivity index (χ0v) is 13.7. The van der Waals surface area contributed by atoms with Gasteiger partial charge in [0.05, 0.1) is 12.4 Å². The second-order valence-electron chi connectivity index (χ2n) is 5.51. The summed E-state index contributed by atoms with van der Waals surface area (Å²) in [6.07, 6.45) is 2.69. The molecule has 3 aromatic rings. The Morgan fingerprint density at radius 3 is 2.04 bits per heavy atom. The number of carbonyl (C=O) groups is 1. The van der Waals surface area contributed by atoms with E-state index >= 15 is 0 Å². The minimum atomic E-state index is -0.457. The van der Waals surface area contributed by atoms with Gasteiger partial charge in [-0.2, -0.15) is 0 Å². The van der Waals surface area contributed by atoms with Crippen molar-refractivity contribution in [2.45, 2.75) is 13.1 Å². The second-order valence-corrected chi connectivity index (χ2v) is 5.51. The zero-order valence-electron chi connectivity index (χ0n) is 13.7. The summed E-state index contributed by atoms with van der Waals surface area (Å²) in [6.45, 7) is 0.306. The van der Waals surface area contributed by atoms with Crippen LogP contribution in [-0.2, 0) is 13.1 Å². The lowest BCUT2D eigenvalue weighted by Crippen LogP contribution is -2.24. The van der Waals surface area contributed by atoms with Gasteiger partial charge in [0, 0.05) is 24.2 Å². The van der Waals surface area contributed by atoms with Gasteiger partial charge >= 0.3 is 0 Å². The third-order valence-electron chi connectivity index (χ3n) is 3.70. The molecule has 0 saturated heterocycles. The Morgan fingerprint density at radius 2 is 1.46 bits per heavy atom. The molecule has 5 nitrogen and oxygen atoms in total. The first-order valence-electron chi connectivity index (χ1n) is 7.94. The minimum Gasteiger partial charge on any atom is -0.365 e. The van der Waals surface area contributed by atoms with Gasteiger partial charge in [0.1, 0.15) is 23.1 Å². The molecule has 1 aromatic heterocycles. The summed E-state index contributed by atoms with van der Waals surface area (Å²) in [7, 11) is 0. The molecule has 0 bridgehead atoms. The van der Waals surface area contributed by atoms with Crippen molar-refractivity contribution in [2.24, 2.45) is 0 Å². The SMILES string of the molecule is O=C(NCc1ccccc1F)c1cnc(NCc2ccccc2F)cn1. The molecule has 0 unspecified atom stereocenters. The number of hydrogen-bond donors (Lipinski definition) is 2.